The van der Waals surface area contributed by atoms with E-state index in [1.165, 1.54) is 0 Å². The highest BCUT2D eigenvalue weighted by molar-refractivity contribution is 5.74. The van der Waals surface area contributed by atoms with Gasteiger partial charge in [-0.15, -0.1) is 0 Å². The summed E-state index contributed by atoms with van der Waals surface area (Å²) < 4.78 is 0. The summed E-state index contributed by atoms with van der Waals surface area (Å²) in [5.74, 6) is -0.444. The van der Waals surface area contributed by atoms with Gasteiger partial charge >= 0.3 is 0 Å². The first-order valence-electron chi connectivity index (χ1n) is 4.52. The summed E-state index contributed by atoms with van der Waals surface area (Å²) in [4.78, 5) is 17.5. The van der Waals surface area contributed by atoms with Crippen LogP contribution in [0, 0.1) is 0 Å². The van der Waals surface area contributed by atoms with Crippen molar-refractivity contribution in [3.8, 4) is 0 Å². The number of piperidine rings is 1. The van der Waals surface area contributed by atoms with Crippen LogP contribution in [-0.4, -0.2) is 43.6 Å². The molecule has 0 aromatic heterocycles. The minimum atomic E-state index is -0.444. The monoisotopic (exact) mass is 187 g/mol. The number of amides is 1. The molecule has 0 radical (unpaired) electrons. The molecule has 5 nitrogen and oxygen atoms in total. The van der Waals surface area contributed by atoms with Crippen molar-refractivity contribution in [1.82, 2.24) is 10.4 Å². The van der Waals surface area contributed by atoms with E-state index in [1.807, 2.05) is 0 Å². The van der Waals surface area contributed by atoms with Crippen LogP contribution in [0.3, 0.4) is 0 Å². The lowest BCUT2D eigenvalue weighted by Gasteiger charge is -2.28. The molecular weight excluding hydrogens is 170 g/mol. The SMILES string of the molecule is CN1CCC(NOCC(N)=O)CC1. The van der Waals surface area contributed by atoms with Gasteiger partial charge in [-0.1, -0.05) is 0 Å². The standard InChI is InChI=1S/C8H17N3O2/c1-11-4-2-7(3-5-11)10-13-6-8(9)12/h7,10H,2-6H2,1H3,(H2,9,12). The van der Waals surface area contributed by atoms with E-state index < -0.39 is 5.91 Å². The molecule has 0 aromatic carbocycles. The van der Waals surface area contributed by atoms with E-state index in [0.717, 1.165) is 25.9 Å². The number of carbonyl (C=O) groups excluding carboxylic acids is 1. The Morgan fingerprint density at radius 1 is 1.62 bits per heavy atom. The molecule has 0 atom stereocenters. The van der Waals surface area contributed by atoms with Gasteiger partial charge in [0.1, 0.15) is 6.61 Å². The number of primary amides is 1. The first kappa shape index (κ1) is 10.4. The van der Waals surface area contributed by atoms with E-state index in [4.69, 9.17) is 10.6 Å². The third-order valence-corrected chi connectivity index (χ3v) is 2.18. The predicted molar refractivity (Wildman–Crippen MR) is 48.8 cm³/mol. The van der Waals surface area contributed by atoms with Crippen LogP contribution in [0.15, 0.2) is 0 Å². The number of likely N-dealkylation sites (tertiary alicyclic amines) is 1. The Bertz CT molecular complexity index is 167. The topological polar surface area (TPSA) is 67.6 Å². The summed E-state index contributed by atoms with van der Waals surface area (Å²) in [5.41, 5.74) is 7.76. The van der Waals surface area contributed by atoms with E-state index in [9.17, 15) is 4.79 Å². The summed E-state index contributed by atoms with van der Waals surface area (Å²) in [5, 5.41) is 0. The number of hydroxylamine groups is 1. The van der Waals surface area contributed by atoms with Crippen molar-refractivity contribution in [2.24, 2.45) is 5.73 Å². The maximum Gasteiger partial charge on any atom is 0.245 e. The molecule has 0 aliphatic carbocycles. The Morgan fingerprint density at radius 2 is 2.23 bits per heavy atom. The van der Waals surface area contributed by atoms with Crippen molar-refractivity contribution in [1.29, 1.82) is 0 Å². The fraction of sp³-hybridized carbons (Fsp3) is 0.875. The third-order valence-electron chi connectivity index (χ3n) is 2.18. The maximum atomic E-state index is 10.3. The maximum absolute atomic E-state index is 10.3. The highest BCUT2D eigenvalue weighted by Gasteiger charge is 2.16. The van der Waals surface area contributed by atoms with Gasteiger partial charge in [0, 0.05) is 6.04 Å². The fourth-order valence-corrected chi connectivity index (χ4v) is 1.36. The van der Waals surface area contributed by atoms with E-state index in [-0.39, 0.29) is 6.61 Å². The van der Waals surface area contributed by atoms with E-state index in [1.54, 1.807) is 0 Å². The Balaban J connectivity index is 2.05. The molecule has 0 aromatic rings. The normalized spacial score (nSPS) is 20.4. The smallest absolute Gasteiger partial charge is 0.245 e. The zero-order valence-electron chi connectivity index (χ0n) is 7.95. The second-order valence-electron chi connectivity index (χ2n) is 3.45. The van der Waals surface area contributed by atoms with Crippen molar-refractivity contribution >= 4 is 5.91 Å². The summed E-state index contributed by atoms with van der Waals surface area (Å²) in [6, 6.07) is 0.357. The predicted octanol–water partition coefficient (Wildman–Crippen LogP) is -0.913. The molecule has 0 unspecified atom stereocenters. The molecular formula is C8H17N3O2. The van der Waals surface area contributed by atoms with Gasteiger partial charge in [0.2, 0.25) is 5.91 Å². The van der Waals surface area contributed by atoms with Crippen molar-refractivity contribution < 1.29 is 9.63 Å². The molecule has 3 N–H and O–H groups in total. The Labute approximate surface area is 78.2 Å². The van der Waals surface area contributed by atoms with Crippen molar-refractivity contribution in [2.45, 2.75) is 18.9 Å². The average Bonchev–Trinajstić information content (AvgIpc) is 2.08. The third kappa shape index (κ3) is 4.21. The second kappa shape index (κ2) is 5.16. The van der Waals surface area contributed by atoms with E-state index >= 15 is 0 Å². The minimum Gasteiger partial charge on any atom is -0.368 e. The molecule has 1 amide bonds. The van der Waals surface area contributed by atoms with Gasteiger partial charge in [-0.25, -0.2) is 0 Å². The molecule has 1 aliphatic rings. The first-order chi connectivity index (χ1) is 6.18. The van der Waals surface area contributed by atoms with Gasteiger partial charge in [-0.2, -0.15) is 5.48 Å². The van der Waals surface area contributed by atoms with Gasteiger partial charge in [0.25, 0.3) is 0 Å². The summed E-state index contributed by atoms with van der Waals surface area (Å²) in [6.07, 6.45) is 2.10. The van der Waals surface area contributed by atoms with E-state index in [0.29, 0.717) is 6.04 Å². The highest BCUT2D eigenvalue weighted by atomic mass is 16.6. The lowest BCUT2D eigenvalue weighted by molar-refractivity contribution is -0.126. The molecule has 1 aliphatic heterocycles. The van der Waals surface area contributed by atoms with Crippen LogP contribution in [-0.2, 0) is 9.63 Å². The Kier molecular flexibility index (Phi) is 4.14. The molecule has 0 bridgehead atoms. The van der Waals surface area contributed by atoms with Gasteiger partial charge in [-0.3, -0.25) is 9.63 Å². The van der Waals surface area contributed by atoms with Crippen LogP contribution >= 0.6 is 0 Å². The number of rotatable bonds is 4. The first-order valence-corrected chi connectivity index (χ1v) is 4.52. The van der Waals surface area contributed by atoms with Crippen LogP contribution in [0.1, 0.15) is 12.8 Å². The number of nitrogens with one attached hydrogen (secondary N) is 1. The molecule has 0 spiro atoms. The number of hydrogen-bond acceptors (Lipinski definition) is 4. The largest absolute Gasteiger partial charge is 0.368 e. The van der Waals surface area contributed by atoms with Gasteiger partial charge in [0.15, 0.2) is 0 Å². The Morgan fingerprint density at radius 3 is 2.77 bits per heavy atom. The number of nitrogens with two attached hydrogens (primary N) is 1. The molecule has 0 saturated carbocycles. The average molecular weight is 187 g/mol. The van der Waals surface area contributed by atoms with Gasteiger partial charge < -0.3 is 10.6 Å². The quantitative estimate of drug-likeness (QED) is 0.559. The van der Waals surface area contributed by atoms with Gasteiger partial charge in [-0.05, 0) is 33.0 Å². The van der Waals surface area contributed by atoms with Crippen molar-refractivity contribution in [3.05, 3.63) is 0 Å². The van der Waals surface area contributed by atoms with Crippen LogP contribution in [0.4, 0.5) is 0 Å². The molecule has 1 rings (SSSR count). The van der Waals surface area contributed by atoms with Crippen LogP contribution in [0.5, 0.6) is 0 Å². The number of nitrogens with zero attached hydrogens (tertiary/aromatic N) is 1. The number of hydrogen-bond donors (Lipinski definition) is 2. The molecule has 1 heterocycles. The zero-order chi connectivity index (χ0) is 9.68. The fourth-order valence-electron chi connectivity index (χ4n) is 1.36. The van der Waals surface area contributed by atoms with Crippen molar-refractivity contribution in [3.63, 3.8) is 0 Å². The summed E-state index contributed by atoms with van der Waals surface area (Å²) >= 11 is 0. The van der Waals surface area contributed by atoms with Gasteiger partial charge in [0.05, 0.1) is 0 Å². The Hall–Kier alpha value is -0.650. The molecule has 1 saturated heterocycles. The molecule has 76 valence electrons. The molecule has 1 fully saturated rings. The summed E-state index contributed by atoms with van der Waals surface area (Å²) in [6.45, 7) is 2.08. The number of carbonyl (C=O) groups is 1. The van der Waals surface area contributed by atoms with Crippen LogP contribution in [0.25, 0.3) is 0 Å². The lowest BCUT2D eigenvalue weighted by atomic mass is 10.1. The summed E-state index contributed by atoms with van der Waals surface area (Å²) in [7, 11) is 2.10. The van der Waals surface area contributed by atoms with Crippen molar-refractivity contribution in [2.75, 3.05) is 26.7 Å². The van der Waals surface area contributed by atoms with E-state index in [2.05, 4.69) is 17.4 Å². The molecule has 13 heavy (non-hydrogen) atoms. The zero-order valence-corrected chi connectivity index (χ0v) is 7.95. The second-order valence-corrected chi connectivity index (χ2v) is 3.45. The lowest BCUT2D eigenvalue weighted by Crippen LogP contribution is -2.41. The molecule has 5 heteroatoms. The van der Waals surface area contributed by atoms with Crippen LogP contribution in [0.2, 0.25) is 0 Å². The van der Waals surface area contributed by atoms with Crippen LogP contribution < -0.4 is 11.2 Å². The highest BCUT2D eigenvalue weighted by Crippen LogP contribution is 2.07. The minimum absolute atomic E-state index is 0.0493.